The first kappa shape index (κ1) is 26.9. The number of amides is 1. The summed E-state index contributed by atoms with van der Waals surface area (Å²) in [5, 5.41) is 6.70. The molecule has 1 saturated heterocycles. The van der Waals surface area contributed by atoms with Crippen molar-refractivity contribution in [3.63, 3.8) is 0 Å². The molecule has 0 aliphatic carbocycles. The third kappa shape index (κ3) is 12.4. The molecule has 1 fully saturated rings. The monoisotopic (exact) mass is 510 g/mol. The number of carbonyl (C=O) groups excluding carboxylic acids is 2. The van der Waals surface area contributed by atoms with Crippen molar-refractivity contribution in [2.75, 3.05) is 26.7 Å². The van der Waals surface area contributed by atoms with Gasteiger partial charge in [0.1, 0.15) is 5.60 Å². The number of piperidine rings is 1. The summed E-state index contributed by atoms with van der Waals surface area (Å²) in [6.45, 7) is 10.00. The Morgan fingerprint density at radius 3 is 2.54 bits per heavy atom. The molecule has 1 amide bonds. The molecule has 28 heavy (non-hydrogen) atoms. The van der Waals surface area contributed by atoms with Crippen LogP contribution in [0.4, 0.5) is 0 Å². The van der Waals surface area contributed by atoms with E-state index >= 15 is 0 Å². The number of unbranched alkanes of at least 4 members (excludes halogenated alkanes) is 3. The highest BCUT2D eigenvalue weighted by Gasteiger charge is 2.23. The number of aliphatic imine (C=N–C) groups is 1. The third-order valence-corrected chi connectivity index (χ3v) is 4.29. The Morgan fingerprint density at radius 2 is 1.93 bits per heavy atom. The van der Waals surface area contributed by atoms with E-state index in [1.54, 1.807) is 4.90 Å². The maximum Gasteiger partial charge on any atom is 0.306 e. The second-order valence-corrected chi connectivity index (χ2v) is 8.17. The van der Waals surface area contributed by atoms with Crippen molar-refractivity contribution >= 4 is 41.8 Å². The third-order valence-electron chi connectivity index (χ3n) is 4.29. The van der Waals surface area contributed by atoms with E-state index in [4.69, 9.17) is 4.74 Å². The van der Waals surface area contributed by atoms with Gasteiger partial charge >= 0.3 is 5.97 Å². The fourth-order valence-corrected chi connectivity index (χ4v) is 2.96. The molecule has 2 N–H and O–H groups in total. The van der Waals surface area contributed by atoms with E-state index in [0.29, 0.717) is 19.4 Å². The molecule has 1 rings (SSSR count). The van der Waals surface area contributed by atoms with Gasteiger partial charge in [-0.15, -0.1) is 24.0 Å². The number of guanidine groups is 1. The van der Waals surface area contributed by atoms with E-state index < -0.39 is 5.60 Å². The molecule has 7 nitrogen and oxygen atoms in total. The SMILES string of the molecule is CCNC(=NCCCCCCC(=O)OC(C)(C)C)NC1CCC(=O)N(C)C1.I. The van der Waals surface area contributed by atoms with E-state index in [9.17, 15) is 9.59 Å². The maximum absolute atomic E-state index is 11.7. The predicted octanol–water partition coefficient (Wildman–Crippen LogP) is 3.07. The second kappa shape index (κ2) is 14.0. The van der Waals surface area contributed by atoms with Gasteiger partial charge in [0.15, 0.2) is 5.96 Å². The van der Waals surface area contributed by atoms with Crippen molar-refractivity contribution in [1.82, 2.24) is 15.5 Å². The number of hydrogen-bond donors (Lipinski definition) is 2. The predicted molar refractivity (Wildman–Crippen MR) is 124 cm³/mol. The molecule has 0 aromatic rings. The van der Waals surface area contributed by atoms with E-state index in [2.05, 4.69) is 15.6 Å². The van der Waals surface area contributed by atoms with Crippen LogP contribution in [0.5, 0.6) is 0 Å². The summed E-state index contributed by atoms with van der Waals surface area (Å²) in [7, 11) is 1.84. The molecule has 1 atom stereocenters. The highest BCUT2D eigenvalue weighted by atomic mass is 127. The van der Waals surface area contributed by atoms with Gasteiger partial charge in [-0.2, -0.15) is 0 Å². The van der Waals surface area contributed by atoms with Crippen LogP contribution >= 0.6 is 24.0 Å². The van der Waals surface area contributed by atoms with E-state index in [0.717, 1.165) is 51.2 Å². The first-order chi connectivity index (χ1) is 12.7. The number of ether oxygens (including phenoxy) is 1. The molecule has 0 bridgehead atoms. The van der Waals surface area contributed by atoms with Gasteiger partial charge in [-0.1, -0.05) is 12.8 Å². The Kier molecular flexibility index (Phi) is 13.5. The number of halogens is 1. The number of likely N-dealkylation sites (N-methyl/N-ethyl adjacent to an activating group) is 1. The van der Waals surface area contributed by atoms with Crippen LogP contribution in [0.25, 0.3) is 0 Å². The molecule has 1 heterocycles. The second-order valence-electron chi connectivity index (χ2n) is 8.17. The molecule has 8 heteroatoms. The number of rotatable bonds is 9. The van der Waals surface area contributed by atoms with Crippen LogP contribution in [0, 0.1) is 0 Å². The van der Waals surface area contributed by atoms with Crippen LogP contribution in [0.15, 0.2) is 4.99 Å². The molecule has 1 aliphatic rings. The van der Waals surface area contributed by atoms with Crippen LogP contribution in [0.2, 0.25) is 0 Å². The lowest BCUT2D eigenvalue weighted by atomic mass is 10.1. The quantitative estimate of drug-likeness (QED) is 0.164. The smallest absolute Gasteiger partial charge is 0.306 e. The van der Waals surface area contributed by atoms with Gasteiger partial charge in [-0.25, -0.2) is 0 Å². The van der Waals surface area contributed by atoms with Gasteiger partial charge in [0.05, 0.1) is 0 Å². The van der Waals surface area contributed by atoms with Crippen molar-refractivity contribution in [2.24, 2.45) is 4.99 Å². The highest BCUT2D eigenvalue weighted by molar-refractivity contribution is 14.0. The number of nitrogens with zero attached hydrogens (tertiary/aromatic N) is 2. The highest BCUT2D eigenvalue weighted by Crippen LogP contribution is 2.11. The molecule has 0 spiro atoms. The summed E-state index contributed by atoms with van der Waals surface area (Å²) in [6.07, 6.45) is 5.83. The van der Waals surface area contributed by atoms with Crippen LogP contribution < -0.4 is 10.6 Å². The summed E-state index contributed by atoms with van der Waals surface area (Å²) in [6, 6.07) is 0.249. The number of carbonyl (C=O) groups is 2. The zero-order valence-electron chi connectivity index (χ0n) is 18.2. The standard InChI is InChI=1S/C20H38N4O3.HI/c1-6-21-19(23-16-12-13-17(25)24(5)15-16)22-14-10-8-7-9-11-18(26)27-20(2,3)4;/h16H,6-15H2,1-5H3,(H2,21,22,23);1H. The minimum Gasteiger partial charge on any atom is -0.460 e. The zero-order chi connectivity index (χ0) is 20.3. The Balaban J connectivity index is 0.00000729. The normalized spacial score (nSPS) is 17.8. The van der Waals surface area contributed by atoms with E-state index in [1.165, 1.54) is 0 Å². The number of nitrogens with one attached hydrogen (secondary N) is 2. The summed E-state index contributed by atoms with van der Waals surface area (Å²) < 4.78 is 5.31. The number of esters is 1. The number of hydrogen-bond acceptors (Lipinski definition) is 4. The van der Waals surface area contributed by atoms with Crippen LogP contribution in [-0.4, -0.2) is 61.1 Å². The largest absolute Gasteiger partial charge is 0.460 e. The number of likely N-dealkylation sites (tertiary alicyclic amines) is 1. The lowest BCUT2D eigenvalue weighted by Gasteiger charge is -2.31. The molecule has 1 unspecified atom stereocenters. The van der Waals surface area contributed by atoms with Crippen molar-refractivity contribution in [3.05, 3.63) is 0 Å². The molecular weight excluding hydrogens is 471 g/mol. The fourth-order valence-electron chi connectivity index (χ4n) is 2.96. The van der Waals surface area contributed by atoms with Crippen molar-refractivity contribution in [2.45, 2.75) is 84.3 Å². The Bertz CT molecular complexity index is 506. The van der Waals surface area contributed by atoms with Gasteiger partial charge in [0.2, 0.25) is 5.91 Å². The summed E-state index contributed by atoms with van der Waals surface area (Å²) in [5.41, 5.74) is -0.401. The summed E-state index contributed by atoms with van der Waals surface area (Å²) in [4.78, 5) is 29.6. The minimum absolute atomic E-state index is 0. The topological polar surface area (TPSA) is 83.0 Å². The first-order valence-electron chi connectivity index (χ1n) is 10.2. The van der Waals surface area contributed by atoms with Crippen LogP contribution in [0.1, 0.15) is 72.6 Å². The lowest BCUT2D eigenvalue weighted by molar-refractivity contribution is -0.154. The van der Waals surface area contributed by atoms with E-state index in [-0.39, 0.29) is 41.9 Å². The summed E-state index contributed by atoms with van der Waals surface area (Å²) in [5.74, 6) is 0.912. The Labute approximate surface area is 187 Å². The van der Waals surface area contributed by atoms with Gasteiger partial charge in [-0.05, 0) is 47.0 Å². The summed E-state index contributed by atoms with van der Waals surface area (Å²) >= 11 is 0. The molecule has 0 saturated carbocycles. The molecule has 0 aromatic carbocycles. The van der Waals surface area contributed by atoms with Gasteiger partial charge < -0.3 is 20.3 Å². The van der Waals surface area contributed by atoms with Crippen LogP contribution in [0.3, 0.4) is 0 Å². The zero-order valence-corrected chi connectivity index (χ0v) is 20.5. The lowest BCUT2D eigenvalue weighted by Crippen LogP contribution is -2.51. The fraction of sp³-hybridized carbons (Fsp3) is 0.850. The maximum atomic E-state index is 11.7. The molecule has 0 aromatic heterocycles. The Morgan fingerprint density at radius 1 is 1.25 bits per heavy atom. The van der Waals surface area contributed by atoms with Gasteiger partial charge in [-0.3, -0.25) is 14.6 Å². The average molecular weight is 510 g/mol. The van der Waals surface area contributed by atoms with Crippen molar-refractivity contribution < 1.29 is 14.3 Å². The molecular formula is C20H39IN4O3. The molecule has 1 aliphatic heterocycles. The van der Waals surface area contributed by atoms with Crippen molar-refractivity contribution in [3.8, 4) is 0 Å². The van der Waals surface area contributed by atoms with Crippen molar-refractivity contribution in [1.29, 1.82) is 0 Å². The average Bonchev–Trinajstić information content (AvgIpc) is 2.55. The van der Waals surface area contributed by atoms with Crippen LogP contribution in [-0.2, 0) is 14.3 Å². The Hall–Kier alpha value is -1.06. The molecule has 0 radical (unpaired) electrons. The minimum atomic E-state index is -0.401. The van der Waals surface area contributed by atoms with Gasteiger partial charge in [0.25, 0.3) is 0 Å². The molecule has 164 valence electrons. The van der Waals surface area contributed by atoms with E-state index in [1.807, 2.05) is 34.7 Å². The van der Waals surface area contributed by atoms with Gasteiger partial charge in [0, 0.05) is 45.6 Å². The first-order valence-corrected chi connectivity index (χ1v) is 10.2.